The molecule has 4 nitrogen and oxygen atoms in total. The van der Waals surface area contributed by atoms with Crippen LogP contribution in [0, 0.1) is 0 Å². The van der Waals surface area contributed by atoms with Gasteiger partial charge in [0.15, 0.2) is 8.24 Å². The van der Waals surface area contributed by atoms with Crippen molar-refractivity contribution in [2.75, 3.05) is 11.4 Å². The number of carbonyl (C=O) groups excluding carboxylic acids is 2. The molecule has 1 aromatic rings. The van der Waals surface area contributed by atoms with Gasteiger partial charge in [0.05, 0.1) is 0 Å². The molecule has 0 radical (unpaired) electrons. The van der Waals surface area contributed by atoms with E-state index >= 15 is 0 Å². The average molecular weight is 248 g/mol. The third-order valence-corrected chi connectivity index (χ3v) is 4.49. The van der Waals surface area contributed by atoms with Gasteiger partial charge in [0.25, 0.3) is 0 Å². The van der Waals surface area contributed by atoms with E-state index in [2.05, 4.69) is 0 Å². The summed E-state index contributed by atoms with van der Waals surface area (Å²) in [6.07, 6.45) is 0. The molecule has 1 aromatic carbocycles. The smallest absolute Gasteiger partial charge is 0.293 e. The number of urea groups is 1. The van der Waals surface area contributed by atoms with E-state index in [4.69, 9.17) is 0 Å². The van der Waals surface area contributed by atoms with E-state index in [0.717, 1.165) is 5.69 Å². The third kappa shape index (κ3) is 2.10. The van der Waals surface area contributed by atoms with Crippen LogP contribution < -0.4 is 4.90 Å². The Morgan fingerprint density at radius 3 is 2.12 bits per heavy atom. The van der Waals surface area contributed by atoms with Gasteiger partial charge in [-0.25, -0.2) is 4.79 Å². The molecule has 0 aromatic heterocycles. The minimum Gasteiger partial charge on any atom is -0.293 e. The molecule has 1 heterocycles. The number of hydrogen-bond acceptors (Lipinski definition) is 2. The molecule has 1 fully saturated rings. The van der Waals surface area contributed by atoms with Crippen molar-refractivity contribution in [1.82, 2.24) is 4.57 Å². The molecule has 90 valence electrons. The predicted molar refractivity (Wildman–Crippen MR) is 69.4 cm³/mol. The molecule has 5 heteroatoms. The minimum absolute atomic E-state index is 0.0852. The molecule has 0 atom stereocenters. The van der Waals surface area contributed by atoms with Crippen molar-refractivity contribution in [3.05, 3.63) is 30.3 Å². The summed E-state index contributed by atoms with van der Waals surface area (Å²) in [5, 5.41) is 0. The van der Waals surface area contributed by atoms with E-state index in [1.54, 1.807) is 4.90 Å². The normalized spacial score (nSPS) is 16.9. The molecule has 17 heavy (non-hydrogen) atoms. The number of rotatable bonds is 2. The van der Waals surface area contributed by atoms with Gasteiger partial charge in [-0.2, -0.15) is 0 Å². The fraction of sp³-hybridized carbons (Fsp3) is 0.333. The highest BCUT2D eigenvalue weighted by atomic mass is 28.3. The molecule has 1 saturated heterocycles. The second kappa shape index (κ2) is 3.99. The van der Waals surface area contributed by atoms with Crippen molar-refractivity contribution in [2.24, 2.45) is 0 Å². The first kappa shape index (κ1) is 11.9. The molecule has 0 unspecified atom stereocenters. The first-order chi connectivity index (χ1) is 7.91. The zero-order chi connectivity index (χ0) is 12.6. The number of hydrogen-bond donors (Lipinski definition) is 0. The van der Waals surface area contributed by atoms with Gasteiger partial charge in [-0.1, -0.05) is 37.8 Å². The average Bonchev–Trinajstić information content (AvgIpc) is 2.54. The monoisotopic (exact) mass is 248 g/mol. The summed E-state index contributed by atoms with van der Waals surface area (Å²) in [4.78, 5) is 25.7. The summed E-state index contributed by atoms with van der Waals surface area (Å²) in [5.41, 5.74) is 0.784. The highest BCUT2D eigenvalue weighted by Crippen LogP contribution is 2.24. The van der Waals surface area contributed by atoms with E-state index in [1.807, 2.05) is 50.0 Å². The second-order valence-electron chi connectivity index (χ2n) is 5.10. The molecule has 0 bridgehead atoms. The van der Waals surface area contributed by atoms with E-state index in [0.29, 0.717) is 0 Å². The summed E-state index contributed by atoms with van der Waals surface area (Å²) in [7, 11) is -1.93. The molecular formula is C12H16N2O2Si. The molecule has 0 spiro atoms. The largest absolute Gasteiger partial charge is 0.323 e. The summed E-state index contributed by atoms with van der Waals surface area (Å²) in [6, 6.07) is 9.13. The van der Waals surface area contributed by atoms with Gasteiger partial charge < -0.3 is 0 Å². The van der Waals surface area contributed by atoms with Crippen molar-refractivity contribution >= 4 is 25.9 Å². The number of para-hydroxylation sites is 1. The van der Waals surface area contributed by atoms with E-state index in [1.165, 1.54) is 4.57 Å². The third-order valence-electron chi connectivity index (χ3n) is 2.70. The highest BCUT2D eigenvalue weighted by Gasteiger charge is 2.43. The van der Waals surface area contributed by atoms with Crippen LogP contribution in [0.3, 0.4) is 0 Å². The number of benzene rings is 1. The van der Waals surface area contributed by atoms with Gasteiger partial charge in [-0.05, 0) is 12.1 Å². The summed E-state index contributed by atoms with van der Waals surface area (Å²) >= 11 is 0. The predicted octanol–water partition coefficient (Wildman–Crippen LogP) is 2.29. The van der Waals surface area contributed by atoms with Crippen LogP contribution in [0.1, 0.15) is 0 Å². The van der Waals surface area contributed by atoms with Crippen LogP contribution in [0.25, 0.3) is 0 Å². The van der Waals surface area contributed by atoms with Gasteiger partial charge in [0, 0.05) is 5.69 Å². The Balaban J connectivity index is 2.31. The van der Waals surface area contributed by atoms with E-state index in [9.17, 15) is 9.59 Å². The van der Waals surface area contributed by atoms with Crippen LogP contribution in [0.4, 0.5) is 10.5 Å². The Hall–Kier alpha value is -1.62. The number of anilines is 1. The van der Waals surface area contributed by atoms with E-state index in [-0.39, 0.29) is 18.5 Å². The van der Waals surface area contributed by atoms with Gasteiger partial charge in [-0.15, -0.1) is 0 Å². The van der Waals surface area contributed by atoms with Crippen LogP contribution in [0.5, 0.6) is 0 Å². The summed E-state index contributed by atoms with van der Waals surface area (Å²) in [6.45, 7) is 6.15. The number of imide groups is 1. The SMILES string of the molecule is C[Si](C)(C)N1C(=O)CN(c2ccccc2)C1=O. The quantitative estimate of drug-likeness (QED) is 0.595. The Morgan fingerprint density at radius 2 is 1.65 bits per heavy atom. The maximum atomic E-state index is 12.2. The first-order valence-electron chi connectivity index (χ1n) is 5.61. The zero-order valence-electron chi connectivity index (χ0n) is 10.3. The Kier molecular flexibility index (Phi) is 2.78. The summed E-state index contributed by atoms with van der Waals surface area (Å²) < 4.78 is 1.46. The van der Waals surface area contributed by atoms with Crippen LogP contribution in [-0.4, -0.2) is 31.3 Å². The van der Waals surface area contributed by atoms with Crippen LogP contribution in [0.15, 0.2) is 30.3 Å². The lowest BCUT2D eigenvalue weighted by Gasteiger charge is -2.27. The molecule has 0 aliphatic carbocycles. The van der Waals surface area contributed by atoms with Crippen molar-refractivity contribution in [2.45, 2.75) is 19.6 Å². The Bertz CT molecular complexity index is 453. The summed E-state index contributed by atoms with van der Waals surface area (Å²) in [5.74, 6) is -0.0852. The van der Waals surface area contributed by atoms with Crippen molar-refractivity contribution in [3.63, 3.8) is 0 Å². The molecule has 0 saturated carbocycles. The lowest BCUT2D eigenvalue weighted by Crippen LogP contribution is -2.50. The Labute approximate surface area is 102 Å². The molecule has 1 aliphatic rings. The topological polar surface area (TPSA) is 40.6 Å². The van der Waals surface area contributed by atoms with Gasteiger partial charge in [-0.3, -0.25) is 14.3 Å². The fourth-order valence-electron chi connectivity index (χ4n) is 1.97. The number of amides is 3. The maximum Gasteiger partial charge on any atom is 0.323 e. The maximum absolute atomic E-state index is 12.2. The molecule has 2 rings (SSSR count). The lowest BCUT2D eigenvalue weighted by atomic mass is 10.3. The second-order valence-corrected chi connectivity index (χ2v) is 9.89. The first-order valence-corrected chi connectivity index (χ1v) is 9.05. The molecule has 1 aliphatic heterocycles. The standard InChI is InChI=1S/C12H16N2O2Si/c1-17(2,3)14-11(15)9-13(12(14)16)10-7-5-4-6-8-10/h4-8H,9H2,1-3H3. The molecule has 0 N–H and O–H groups in total. The minimum atomic E-state index is -1.93. The fourth-order valence-corrected chi connectivity index (χ4v) is 3.49. The van der Waals surface area contributed by atoms with Gasteiger partial charge >= 0.3 is 6.03 Å². The number of nitrogens with zero attached hydrogens (tertiary/aromatic N) is 2. The van der Waals surface area contributed by atoms with Gasteiger partial charge in [0.2, 0.25) is 5.91 Å². The van der Waals surface area contributed by atoms with E-state index < -0.39 is 8.24 Å². The Morgan fingerprint density at radius 1 is 1.06 bits per heavy atom. The van der Waals surface area contributed by atoms with Crippen LogP contribution in [0.2, 0.25) is 19.6 Å². The highest BCUT2D eigenvalue weighted by molar-refractivity contribution is 6.78. The van der Waals surface area contributed by atoms with Crippen molar-refractivity contribution in [3.8, 4) is 0 Å². The molecular weight excluding hydrogens is 232 g/mol. The zero-order valence-corrected chi connectivity index (χ0v) is 11.3. The number of carbonyl (C=O) groups is 2. The van der Waals surface area contributed by atoms with Crippen LogP contribution >= 0.6 is 0 Å². The lowest BCUT2D eigenvalue weighted by molar-refractivity contribution is -0.122. The van der Waals surface area contributed by atoms with Crippen molar-refractivity contribution < 1.29 is 9.59 Å². The van der Waals surface area contributed by atoms with Crippen LogP contribution in [-0.2, 0) is 4.79 Å². The van der Waals surface area contributed by atoms with Gasteiger partial charge in [0.1, 0.15) is 6.54 Å². The van der Waals surface area contributed by atoms with Crippen molar-refractivity contribution in [1.29, 1.82) is 0 Å². The molecule has 3 amide bonds.